The molecule has 0 bridgehead atoms. The molecular formula is C5H14O2Si. The Balaban J connectivity index is 2.72. The average Bonchev–Trinajstić information content (AvgIpc) is 1.66. The van der Waals surface area contributed by atoms with Gasteiger partial charge in [0.15, 0.2) is 0 Å². The Labute approximate surface area is 52.0 Å². The lowest BCUT2D eigenvalue weighted by molar-refractivity contribution is 0.402. The van der Waals surface area contributed by atoms with Gasteiger partial charge in [-0.3, -0.25) is 0 Å². The molecular weight excluding hydrogens is 120 g/mol. The van der Waals surface area contributed by atoms with Gasteiger partial charge in [-0.1, -0.05) is 26.2 Å². The quantitative estimate of drug-likeness (QED) is 0.431. The summed E-state index contributed by atoms with van der Waals surface area (Å²) in [7, 11) is -2.20. The summed E-state index contributed by atoms with van der Waals surface area (Å²) in [6.07, 6.45) is 3.27. The highest BCUT2D eigenvalue weighted by molar-refractivity contribution is 6.40. The lowest BCUT2D eigenvalue weighted by Gasteiger charge is -1.96. The van der Waals surface area contributed by atoms with Crippen molar-refractivity contribution in [1.82, 2.24) is 0 Å². The van der Waals surface area contributed by atoms with Gasteiger partial charge < -0.3 is 9.59 Å². The zero-order valence-corrected chi connectivity index (χ0v) is 6.45. The summed E-state index contributed by atoms with van der Waals surface area (Å²) in [4.78, 5) is 16.9. The molecule has 50 valence electrons. The van der Waals surface area contributed by atoms with Gasteiger partial charge in [0, 0.05) is 0 Å². The summed E-state index contributed by atoms with van der Waals surface area (Å²) in [6, 6.07) is 0.661. The van der Waals surface area contributed by atoms with Crippen molar-refractivity contribution in [2.45, 2.75) is 32.2 Å². The third-order valence-corrected chi connectivity index (χ3v) is 1.99. The molecule has 0 saturated heterocycles. The van der Waals surface area contributed by atoms with E-state index in [4.69, 9.17) is 9.59 Å². The van der Waals surface area contributed by atoms with Crippen molar-refractivity contribution < 1.29 is 9.59 Å². The Bertz CT molecular complexity index is 47.7. The van der Waals surface area contributed by atoms with Crippen molar-refractivity contribution in [2.75, 3.05) is 0 Å². The molecule has 0 spiro atoms. The maximum atomic E-state index is 8.47. The van der Waals surface area contributed by atoms with Crippen LogP contribution < -0.4 is 0 Å². The van der Waals surface area contributed by atoms with E-state index >= 15 is 0 Å². The minimum absolute atomic E-state index is 0.661. The Hall–Kier alpha value is 0.137. The van der Waals surface area contributed by atoms with E-state index in [1.165, 1.54) is 0 Å². The normalized spacial score (nSPS) is 10.5. The average molecular weight is 134 g/mol. The molecule has 0 unspecified atom stereocenters. The molecule has 0 amide bonds. The topological polar surface area (TPSA) is 40.5 Å². The van der Waals surface area contributed by atoms with Crippen molar-refractivity contribution in [2.24, 2.45) is 0 Å². The predicted molar refractivity (Wildman–Crippen MR) is 35.9 cm³/mol. The Morgan fingerprint density at radius 3 is 2.25 bits per heavy atom. The second-order valence-corrected chi connectivity index (χ2v) is 3.51. The number of rotatable bonds is 4. The number of unbranched alkanes of at least 4 members (excludes halogenated alkanes) is 2. The molecule has 0 atom stereocenters. The molecule has 0 radical (unpaired) electrons. The van der Waals surface area contributed by atoms with Gasteiger partial charge in [-0.05, 0) is 6.04 Å². The predicted octanol–water partition coefficient (Wildman–Crippen LogP) is 0.382. The monoisotopic (exact) mass is 134 g/mol. The van der Waals surface area contributed by atoms with Crippen molar-refractivity contribution >= 4 is 9.28 Å². The van der Waals surface area contributed by atoms with Gasteiger partial charge in [-0.2, -0.15) is 0 Å². The molecule has 0 aliphatic carbocycles. The van der Waals surface area contributed by atoms with E-state index in [2.05, 4.69) is 6.92 Å². The molecule has 0 rings (SSSR count). The fourth-order valence-corrected chi connectivity index (χ4v) is 1.23. The summed E-state index contributed by atoms with van der Waals surface area (Å²) in [5, 5.41) is 0. The first-order chi connectivity index (χ1) is 3.77. The van der Waals surface area contributed by atoms with Gasteiger partial charge in [0.25, 0.3) is 0 Å². The van der Waals surface area contributed by atoms with Crippen LogP contribution in [0.1, 0.15) is 26.2 Å². The SMILES string of the molecule is CCCCC[SiH](O)O. The zero-order valence-electron chi connectivity index (χ0n) is 5.30. The van der Waals surface area contributed by atoms with Crippen LogP contribution in [0.4, 0.5) is 0 Å². The molecule has 8 heavy (non-hydrogen) atoms. The number of hydrogen-bond donors (Lipinski definition) is 2. The van der Waals surface area contributed by atoms with E-state index in [1.54, 1.807) is 0 Å². The molecule has 0 heterocycles. The second-order valence-electron chi connectivity index (χ2n) is 1.98. The number of hydrogen-bond acceptors (Lipinski definition) is 2. The van der Waals surface area contributed by atoms with E-state index in [-0.39, 0.29) is 0 Å². The van der Waals surface area contributed by atoms with E-state index in [0.717, 1.165) is 19.3 Å². The van der Waals surface area contributed by atoms with Crippen LogP contribution in [0.2, 0.25) is 6.04 Å². The third-order valence-electron chi connectivity index (χ3n) is 1.07. The lowest BCUT2D eigenvalue weighted by atomic mass is 10.3. The zero-order chi connectivity index (χ0) is 6.41. The van der Waals surface area contributed by atoms with Crippen molar-refractivity contribution in [3.63, 3.8) is 0 Å². The summed E-state index contributed by atoms with van der Waals surface area (Å²) in [5.41, 5.74) is 0. The highest BCUT2D eigenvalue weighted by atomic mass is 28.3. The fraction of sp³-hybridized carbons (Fsp3) is 1.00. The fourth-order valence-electron chi connectivity index (χ4n) is 0.577. The third kappa shape index (κ3) is 6.14. The Kier molecular flexibility index (Phi) is 5.37. The van der Waals surface area contributed by atoms with Gasteiger partial charge in [-0.25, -0.2) is 0 Å². The first kappa shape index (κ1) is 8.14. The maximum Gasteiger partial charge on any atom is 0.315 e. The maximum absolute atomic E-state index is 8.47. The minimum atomic E-state index is -2.20. The van der Waals surface area contributed by atoms with Crippen LogP contribution in [0.5, 0.6) is 0 Å². The molecule has 2 N–H and O–H groups in total. The summed E-state index contributed by atoms with van der Waals surface area (Å²) in [5.74, 6) is 0. The van der Waals surface area contributed by atoms with Crippen LogP contribution in [0.3, 0.4) is 0 Å². The van der Waals surface area contributed by atoms with Crippen LogP contribution in [0, 0.1) is 0 Å². The smallest absolute Gasteiger partial charge is 0.315 e. The standard InChI is InChI=1S/C5H14O2Si/c1-2-3-4-5-8(6)7/h6-8H,2-5H2,1H3. The van der Waals surface area contributed by atoms with Crippen LogP contribution in [-0.2, 0) is 0 Å². The Morgan fingerprint density at radius 2 is 1.88 bits per heavy atom. The molecule has 0 aromatic carbocycles. The van der Waals surface area contributed by atoms with Gasteiger partial charge >= 0.3 is 9.28 Å². The molecule has 0 fully saturated rings. The molecule has 3 heteroatoms. The second kappa shape index (κ2) is 5.28. The van der Waals surface area contributed by atoms with Gasteiger partial charge in [0.2, 0.25) is 0 Å². The first-order valence-electron chi connectivity index (χ1n) is 3.13. The van der Waals surface area contributed by atoms with Crippen molar-refractivity contribution in [3.05, 3.63) is 0 Å². The van der Waals surface area contributed by atoms with E-state index < -0.39 is 9.28 Å². The molecule has 0 aliphatic rings. The van der Waals surface area contributed by atoms with Crippen LogP contribution in [0.25, 0.3) is 0 Å². The molecule has 0 saturated carbocycles. The first-order valence-corrected chi connectivity index (χ1v) is 4.98. The summed E-state index contributed by atoms with van der Waals surface area (Å²) in [6.45, 7) is 2.10. The molecule has 0 aromatic rings. The minimum Gasteiger partial charge on any atom is -0.413 e. The van der Waals surface area contributed by atoms with Crippen LogP contribution >= 0.6 is 0 Å². The van der Waals surface area contributed by atoms with Crippen LogP contribution in [-0.4, -0.2) is 18.9 Å². The largest absolute Gasteiger partial charge is 0.413 e. The molecule has 0 aliphatic heterocycles. The van der Waals surface area contributed by atoms with Gasteiger partial charge in [0.05, 0.1) is 0 Å². The highest BCUT2D eigenvalue weighted by Gasteiger charge is 1.98. The van der Waals surface area contributed by atoms with E-state index in [9.17, 15) is 0 Å². The van der Waals surface area contributed by atoms with Gasteiger partial charge in [-0.15, -0.1) is 0 Å². The van der Waals surface area contributed by atoms with E-state index in [1.807, 2.05) is 0 Å². The van der Waals surface area contributed by atoms with E-state index in [0.29, 0.717) is 6.04 Å². The van der Waals surface area contributed by atoms with Crippen molar-refractivity contribution in [3.8, 4) is 0 Å². The summed E-state index contributed by atoms with van der Waals surface area (Å²) < 4.78 is 0. The summed E-state index contributed by atoms with van der Waals surface area (Å²) >= 11 is 0. The Morgan fingerprint density at radius 1 is 1.25 bits per heavy atom. The molecule has 0 aromatic heterocycles. The lowest BCUT2D eigenvalue weighted by Crippen LogP contribution is -2.09. The molecule has 2 nitrogen and oxygen atoms in total. The van der Waals surface area contributed by atoms with Gasteiger partial charge in [0.1, 0.15) is 0 Å². The van der Waals surface area contributed by atoms with Crippen LogP contribution in [0.15, 0.2) is 0 Å². The highest BCUT2D eigenvalue weighted by Crippen LogP contribution is 1.99. The van der Waals surface area contributed by atoms with Crippen molar-refractivity contribution in [1.29, 1.82) is 0 Å².